The van der Waals surface area contributed by atoms with Crippen LogP contribution in [0.4, 0.5) is 5.69 Å². The van der Waals surface area contributed by atoms with Crippen LogP contribution in [-0.4, -0.2) is 33.7 Å². The SMILES string of the molecule is CCCOc1ccc(N(CC(=O)N[C@@H](C)c2ccccc2)S(C)(=O)=O)cc1. The van der Waals surface area contributed by atoms with Gasteiger partial charge in [0.25, 0.3) is 0 Å². The number of carbonyl (C=O) groups is 1. The summed E-state index contributed by atoms with van der Waals surface area (Å²) in [6.07, 6.45) is 1.97. The van der Waals surface area contributed by atoms with Gasteiger partial charge < -0.3 is 10.1 Å². The van der Waals surface area contributed by atoms with Crippen LogP contribution >= 0.6 is 0 Å². The van der Waals surface area contributed by atoms with Crippen molar-refractivity contribution in [1.82, 2.24) is 5.32 Å². The van der Waals surface area contributed by atoms with Gasteiger partial charge in [0.2, 0.25) is 15.9 Å². The average Bonchev–Trinajstić information content (AvgIpc) is 2.65. The summed E-state index contributed by atoms with van der Waals surface area (Å²) in [5.41, 5.74) is 1.37. The standard InChI is InChI=1S/C20H26N2O4S/c1-4-14-26-19-12-10-18(11-13-19)22(27(3,24)25)15-20(23)21-16(2)17-8-6-5-7-9-17/h5-13,16H,4,14-15H2,1-3H3,(H,21,23)/t16-/m0/s1. The fourth-order valence-electron chi connectivity index (χ4n) is 2.57. The summed E-state index contributed by atoms with van der Waals surface area (Å²) >= 11 is 0. The van der Waals surface area contributed by atoms with Gasteiger partial charge in [-0.05, 0) is 43.2 Å². The fourth-order valence-corrected chi connectivity index (χ4v) is 3.43. The number of ether oxygens (including phenoxy) is 1. The maximum Gasteiger partial charge on any atom is 0.241 e. The molecule has 0 aliphatic carbocycles. The molecule has 0 bridgehead atoms. The molecule has 0 heterocycles. The van der Waals surface area contributed by atoms with Gasteiger partial charge in [-0.3, -0.25) is 9.10 Å². The van der Waals surface area contributed by atoms with Crippen molar-refractivity contribution in [2.24, 2.45) is 0 Å². The van der Waals surface area contributed by atoms with Crippen molar-refractivity contribution in [3.63, 3.8) is 0 Å². The second-order valence-corrected chi connectivity index (χ2v) is 8.22. The van der Waals surface area contributed by atoms with Crippen molar-refractivity contribution < 1.29 is 17.9 Å². The molecule has 2 rings (SSSR count). The predicted octanol–water partition coefficient (Wildman–Crippen LogP) is 3.12. The molecule has 27 heavy (non-hydrogen) atoms. The molecule has 0 saturated heterocycles. The Bertz CT molecular complexity index is 836. The van der Waals surface area contributed by atoms with Crippen LogP contribution in [0, 0.1) is 0 Å². The number of rotatable bonds is 9. The second-order valence-electron chi connectivity index (χ2n) is 6.31. The van der Waals surface area contributed by atoms with E-state index in [1.165, 1.54) is 0 Å². The second kappa shape index (κ2) is 9.41. The van der Waals surface area contributed by atoms with Crippen molar-refractivity contribution in [2.45, 2.75) is 26.3 Å². The monoisotopic (exact) mass is 390 g/mol. The lowest BCUT2D eigenvalue weighted by molar-refractivity contribution is -0.120. The highest BCUT2D eigenvalue weighted by atomic mass is 32.2. The van der Waals surface area contributed by atoms with E-state index >= 15 is 0 Å². The molecular weight excluding hydrogens is 364 g/mol. The Labute approximate surface area is 161 Å². The van der Waals surface area contributed by atoms with Gasteiger partial charge in [-0.15, -0.1) is 0 Å². The molecule has 6 nitrogen and oxygen atoms in total. The summed E-state index contributed by atoms with van der Waals surface area (Å²) in [6.45, 7) is 4.17. The molecule has 2 aromatic carbocycles. The van der Waals surface area contributed by atoms with E-state index in [0.717, 1.165) is 22.5 Å². The Morgan fingerprint density at radius 2 is 1.74 bits per heavy atom. The minimum Gasteiger partial charge on any atom is -0.494 e. The van der Waals surface area contributed by atoms with Crippen LogP contribution in [0.15, 0.2) is 54.6 Å². The maximum atomic E-state index is 12.4. The first-order valence-corrected chi connectivity index (χ1v) is 10.7. The lowest BCUT2D eigenvalue weighted by Crippen LogP contribution is -2.41. The van der Waals surface area contributed by atoms with Gasteiger partial charge in [0.1, 0.15) is 12.3 Å². The van der Waals surface area contributed by atoms with Gasteiger partial charge in [0, 0.05) is 0 Å². The van der Waals surface area contributed by atoms with Crippen LogP contribution in [0.5, 0.6) is 5.75 Å². The molecule has 0 unspecified atom stereocenters. The number of benzene rings is 2. The van der Waals surface area contributed by atoms with Crippen LogP contribution in [0.1, 0.15) is 31.9 Å². The Kier molecular flexibility index (Phi) is 7.24. The molecule has 0 aliphatic rings. The summed E-state index contributed by atoms with van der Waals surface area (Å²) in [7, 11) is -3.61. The molecule has 1 N–H and O–H groups in total. The molecule has 0 spiro atoms. The van der Waals surface area contributed by atoms with Crippen molar-refractivity contribution in [2.75, 3.05) is 23.7 Å². The average molecular weight is 391 g/mol. The lowest BCUT2D eigenvalue weighted by atomic mass is 10.1. The van der Waals surface area contributed by atoms with E-state index in [0.29, 0.717) is 18.0 Å². The molecule has 0 radical (unpaired) electrons. The summed E-state index contributed by atoms with van der Waals surface area (Å²) < 4.78 is 31.0. The highest BCUT2D eigenvalue weighted by molar-refractivity contribution is 7.92. The maximum absolute atomic E-state index is 12.4. The predicted molar refractivity (Wildman–Crippen MR) is 107 cm³/mol. The van der Waals surface area contributed by atoms with Crippen molar-refractivity contribution in [3.8, 4) is 5.75 Å². The van der Waals surface area contributed by atoms with E-state index in [1.807, 2.05) is 44.2 Å². The van der Waals surface area contributed by atoms with Gasteiger partial charge in [0.05, 0.1) is 24.6 Å². The van der Waals surface area contributed by atoms with Gasteiger partial charge >= 0.3 is 0 Å². The number of nitrogens with zero attached hydrogens (tertiary/aromatic N) is 1. The Morgan fingerprint density at radius 1 is 1.11 bits per heavy atom. The topological polar surface area (TPSA) is 75.7 Å². The number of hydrogen-bond acceptors (Lipinski definition) is 4. The van der Waals surface area contributed by atoms with E-state index < -0.39 is 10.0 Å². The minimum atomic E-state index is -3.61. The zero-order valence-electron chi connectivity index (χ0n) is 15.9. The summed E-state index contributed by atoms with van der Waals surface area (Å²) in [5.74, 6) is 0.291. The van der Waals surface area contributed by atoms with Gasteiger partial charge in [-0.1, -0.05) is 37.3 Å². The Balaban J connectivity index is 2.09. The molecule has 0 aromatic heterocycles. The highest BCUT2D eigenvalue weighted by Gasteiger charge is 2.22. The third-order valence-electron chi connectivity index (χ3n) is 3.96. The Morgan fingerprint density at radius 3 is 2.30 bits per heavy atom. The molecular formula is C20H26N2O4S. The van der Waals surface area contributed by atoms with E-state index in [2.05, 4.69) is 5.32 Å². The van der Waals surface area contributed by atoms with E-state index in [-0.39, 0.29) is 18.5 Å². The van der Waals surface area contributed by atoms with Crippen LogP contribution in [0.25, 0.3) is 0 Å². The quantitative estimate of drug-likeness (QED) is 0.714. The summed E-state index contributed by atoms with van der Waals surface area (Å²) in [6, 6.07) is 16.0. The van der Waals surface area contributed by atoms with E-state index in [1.54, 1.807) is 24.3 Å². The third kappa shape index (κ3) is 6.29. The summed E-state index contributed by atoms with van der Waals surface area (Å²) in [4.78, 5) is 12.4. The fraction of sp³-hybridized carbons (Fsp3) is 0.350. The first-order chi connectivity index (χ1) is 12.8. The van der Waals surface area contributed by atoms with E-state index in [4.69, 9.17) is 4.74 Å². The van der Waals surface area contributed by atoms with Gasteiger partial charge in [0.15, 0.2) is 0 Å². The van der Waals surface area contributed by atoms with Crippen molar-refractivity contribution in [3.05, 3.63) is 60.2 Å². The molecule has 146 valence electrons. The van der Waals surface area contributed by atoms with Gasteiger partial charge in [-0.2, -0.15) is 0 Å². The molecule has 7 heteroatoms. The first-order valence-electron chi connectivity index (χ1n) is 8.86. The molecule has 0 aliphatic heterocycles. The number of hydrogen-bond donors (Lipinski definition) is 1. The minimum absolute atomic E-state index is 0.218. The summed E-state index contributed by atoms with van der Waals surface area (Å²) in [5, 5.41) is 2.84. The normalized spacial score (nSPS) is 12.3. The largest absolute Gasteiger partial charge is 0.494 e. The zero-order chi connectivity index (χ0) is 19.9. The smallest absolute Gasteiger partial charge is 0.241 e. The van der Waals surface area contributed by atoms with Crippen molar-refractivity contribution in [1.29, 1.82) is 0 Å². The molecule has 2 aromatic rings. The van der Waals surface area contributed by atoms with E-state index in [9.17, 15) is 13.2 Å². The number of anilines is 1. The van der Waals surface area contributed by atoms with Crippen LogP contribution < -0.4 is 14.4 Å². The Hall–Kier alpha value is -2.54. The highest BCUT2D eigenvalue weighted by Crippen LogP contribution is 2.22. The number of nitrogens with one attached hydrogen (secondary N) is 1. The lowest BCUT2D eigenvalue weighted by Gasteiger charge is -2.23. The van der Waals surface area contributed by atoms with Crippen LogP contribution in [0.3, 0.4) is 0 Å². The molecule has 0 fully saturated rings. The molecule has 0 saturated carbocycles. The van der Waals surface area contributed by atoms with Crippen LogP contribution in [0.2, 0.25) is 0 Å². The van der Waals surface area contributed by atoms with Crippen LogP contribution in [-0.2, 0) is 14.8 Å². The number of amides is 1. The zero-order valence-corrected chi connectivity index (χ0v) is 16.7. The number of sulfonamides is 1. The molecule has 1 amide bonds. The first kappa shape index (κ1) is 20.8. The third-order valence-corrected chi connectivity index (χ3v) is 5.10. The molecule has 1 atom stereocenters. The van der Waals surface area contributed by atoms with Crippen molar-refractivity contribution >= 4 is 21.6 Å². The number of carbonyl (C=O) groups excluding carboxylic acids is 1. The van der Waals surface area contributed by atoms with Gasteiger partial charge in [-0.25, -0.2) is 8.42 Å².